The van der Waals surface area contributed by atoms with E-state index in [2.05, 4.69) is 38.5 Å². The molecule has 1 saturated carbocycles. The zero-order valence-corrected chi connectivity index (χ0v) is 12.9. The Balaban J connectivity index is 2.06. The lowest BCUT2D eigenvalue weighted by atomic mass is 9.96. The average molecular weight is 263 g/mol. The summed E-state index contributed by atoms with van der Waals surface area (Å²) in [7, 11) is 0. The van der Waals surface area contributed by atoms with Crippen LogP contribution in [0.2, 0.25) is 0 Å². The van der Waals surface area contributed by atoms with E-state index >= 15 is 0 Å². The molecular formula is C16H25NS. The highest BCUT2D eigenvalue weighted by atomic mass is 32.2. The Morgan fingerprint density at radius 1 is 0.944 bits per heavy atom. The van der Waals surface area contributed by atoms with Gasteiger partial charge in [0.2, 0.25) is 0 Å². The third-order valence-electron chi connectivity index (χ3n) is 4.22. The van der Waals surface area contributed by atoms with Crippen molar-refractivity contribution < 1.29 is 0 Å². The highest BCUT2D eigenvalue weighted by Gasteiger charge is 2.15. The van der Waals surface area contributed by atoms with Gasteiger partial charge in [-0.2, -0.15) is 0 Å². The molecule has 0 atom stereocenters. The fourth-order valence-electron chi connectivity index (χ4n) is 2.78. The molecule has 1 N–H and O–H groups in total. The molecule has 2 rings (SSSR count). The molecule has 100 valence electrons. The van der Waals surface area contributed by atoms with Crippen molar-refractivity contribution in [1.29, 1.82) is 0 Å². The molecule has 1 aliphatic carbocycles. The Morgan fingerprint density at radius 2 is 1.61 bits per heavy atom. The molecule has 1 aliphatic rings. The van der Waals surface area contributed by atoms with Crippen LogP contribution < -0.4 is 4.72 Å². The van der Waals surface area contributed by atoms with Crippen LogP contribution in [0.4, 0.5) is 0 Å². The van der Waals surface area contributed by atoms with Gasteiger partial charge in [0.05, 0.1) is 0 Å². The summed E-state index contributed by atoms with van der Waals surface area (Å²) >= 11 is 1.85. The molecule has 18 heavy (non-hydrogen) atoms. The smallest absolute Gasteiger partial charge is 0.0289 e. The lowest BCUT2D eigenvalue weighted by molar-refractivity contribution is 0.423. The standard InChI is InChI=1S/C16H25NS/c1-11-10-12(2)16(14(4)13(11)3)18-17-15-8-6-5-7-9-15/h10,15,17H,5-9H2,1-4H3. The predicted octanol–water partition coefficient (Wildman–Crippen LogP) is 4.85. The van der Waals surface area contributed by atoms with Gasteiger partial charge in [0.25, 0.3) is 0 Å². The third kappa shape index (κ3) is 3.10. The van der Waals surface area contributed by atoms with E-state index in [1.807, 2.05) is 11.9 Å². The van der Waals surface area contributed by atoms with E-state index in [1.165, 1.54) is 59.3 Å². The fraction of sp³-hybridized carbons (Fsp3) is 0.625. The van der Waals surface area contributed by atoms with E-state index in [0.717, 1.165) is 0 Å². The highest BCUT2D eigenvalue weighted by molar-refractivity contribution is 7.97. The van der Waals surface area contributed by atoms with Crippen LogP contribution in [0.1, 0.15) is 54.4 Å². The molecule has 0 amide bonds. The van der Waals surface area contributed by atoms with Crippen molar-refractivity contribution in [3.63, 3.8) is 0 Å². The Labute approximate surface area is 116 Å². The van der Waals surface area contributed by atoms with Gasteiger partial charge in [0.15, 0.2) is 0 Å². The summed E-state index contributed by atoms with van der Waals surface area (Å²) < 4.78 is 3.68. The molecule has 0 aromatic heterocycles. The first-order valence-corrected chi connectivity index (χ1v) is 7.91. The van der Waals surface area contributed by atoms with E-state index in [0.29, 0.717) is 6.04 Å². The molecule has 1 aromatic carbocycles. The van der Waals surface area contributed by atoms with Crippen LogP contribution in [-0.4, -0.2) is 6.04 Å². The molecule has 1 nitrogen and oxygen atoms in total. The lowest BCUT2D eigenvalue weighted by Gasteiger charge is -2.23. The molecular weight excluding hydrogens is 238 g/mol. The molecule has 0 radical (unpaired) electrons. The van der Waals surface area contributed by atoms with Crippen LogP contribution in [0, 0.1) is 27.7 Å². The van der Waals surface area contributed by atoms with Gasteiger partial charge in [-0.25, -0.2) is 0 Å². The van der Waals surface area contributed by atoms with Gasteiger partial charge >= 0.3 is 0 Å². The van der Waals surface area contributed by atoms with Crippen molar-refractivity contribution in [2.24, 2.45) is 0 Å². The minimum atomic E-state index is 0.712. The summed E-state index contributed by atoms with van der Waals surface area (Å²) in [5.74, 6) is 0. The van der Waals surface area contributed by atoms with Gasteiger partial charge in [-0.15, -0.1) is 0 Å². The summed E-state index contributed by atoms with van der Waals surface area (Å²) in [6.45, 7) is 8.91. The molecule has 0 spiro atoms. The van der Waals surface area contributed by atoms with Gasteiger partial charge < -0.3 is 0 Å². The van der Waals surface area contributed by atoms with Crippen LogP contribution in [0.15, 0.2) is 11.0 Å². The second-order valence-corrected chi connectivity index (χ2v) is 6.49. The SMILES string of the molecule is Cc1cc(C)c(SNC2CCCCC2)c(C)c1C. The molecule has 0 bridgehead atoms. The second kappa shape index (κ2) is 6.12. The maximum Gasteiger partial charge on any atom is 0.0289 e. The minimum absolute atomic E-state index is 0.712. The Morgan fingerprint density at radius 3 is 2.28 bits per heavy atom. The zero-order chi connectivity index (χ0) is 13.1. The number of hydrogen-bond acceptors (Lipinski definition) is 2. The van der Waals surface area contributed by atoms with Gasteiger partial charge in [0.1, 0.15) is 0 Å². The third-order valence-corrected chi connectivity index (χ3v) is 5.50. The molecule has 0 unspecified atom stereocenters. The van der Waals surface area contributed by atoms with Crippen molar-refractivity contribution in [2.45, 2.75) is 70.7 Å². The minimum Gasteiger partial charge on any atom is -0.257 e. The van der Waals surface area contributed by atoms with Gasteiger partial charge in [-0.05, 0) is 74.7 Å². The quantitative estimate of drug-likeness (QED) is 0.782. The van der Waals surface area contributed by atoms with E-state index in [4.69, 9.17) is 0 Å². The fourth-order valence-corrected chi connectivity index (χ4v) is 3.83. The number of benzene rings is 1. The number of nitrogens with one attached hydrogen (secondary N) is 1. The van der Waals surface area contributed by atoms with Crippen LogP contribution >= 0.6 is 11.9 Å². The lowest BCUT2D eigenvalue weighted by Crippen LogP contribution is -2.25. The first-order chi connectivity index (χ1) is 8.59. The Bertz CT molecular complexity index is 420. The van der Waals surface area contributed by atoms with Gasteiger partial charge in [-0.3, -0.25) is 4.72 Å². The molecule has 1 aromatic rings. The maximum absolute atomic E-state index is 3.68. The topological polar surface area (TPSA) is 12.0 Å². The largest absolute Gasteiger partial charge is 0.257 e. The Kier molecular flexibility index (Phi) is 4.74. The number of aryl methyl sites for hydroxylation is 2. The Hall–Kier alpha value is -0.470. The van der Waals surface area contributed by atoms with E-state index < -0.39 is 0 Å². The maximum atomic E-state index is 3.68. The molecule has 0 aliphatic heterocycles. The van der Waals surface area contributed by atoms with Gasteiger partial charge in [-0.1, -0.05) is 25.3 Å². The van der Waals surface area contributed by atoms with E-state index in [9.17, 15) is 0 Å². The van der Waals surface area contributed by atoms with Crippen molar-refractivity contribution in [2.75, 3.05) is 0 Å². The molecule has 0 heterocycles. The van der Waals surface area contributed by atoms with Crippen molar-refractivity contribution in [3.05, 3.63) is 28.3 Å². The highest BCUT2D eigenvalue weighted by Crippen LogP contribution is 2.30. The molecule has 2 heteroatoms. The van der Waals surface area contributed by atoms with Gasteiger partial charge in [0, 0.05) is 10.9 Å². The number of hydrogen-bond donors (Lipinski definition) is 1. The van der Waals surface area contributed by atoms with E-state index in [1.54, 1.807) is 0 Å². The van der Waals surface area contributed by atoms with Crippen molar-refractivity contribution in [3.8, 4) is 0 Å². The van der Waals surface area contributed by atoms with Crippen molar-refractivity contribution in [1.82, 2.24) is 4.72 Å². The predicted molar refractivity (Wildman–Crippen MR) is 81.3 cm³/mol. The van der Waals surface area contributed by atoms with Crippen molar-refractivity contribution >= 4 is 11.9 Å². The first-order valence-electron chi connectivity index (χ1n) is 7.09. The monoisotopic (exact) mass is 263 g/mol. The number of rotatable bonds is 3. The average Bonchev–Trinajstić information content (AvgIpc) is 2.37. The molecule has 0 saturated heterocycles. The van der Waals surface area contributed by atoms with Crippen LogP contribution in [0.25, 0.3) is 0 Å². The second-order valence-electron chi connectivity index (χ2n) is 5.64. The van der Waals surface area contributed by atoms with Crippen LogP contribution in [0.5, 0.6) is 0 Å². The summed E-state index contributed by atoms with van der Waals surface area (Å²) in [6, 6.07) is 3.02. The summed E-state index contributed by atoms with van der Waals surface area (Å²) in [4.78, 5) is 1.43. The van der Waals surface area contributed by atoms with E-state index in [-0.39, 0.29) is 0 Å². The zero-order valence-electron chi connectivity index (χ0n) is 12.1. The first kappa shape index (κ1) is 14.0. The summed E-state index contributed by atoms with van der Waals surface area (Å²) in [5, 5.41) is 0. The van der Waals surface area contributed by atoms with Crippen LogP contribution in [-0.2, 0) is 0 Å². The molecule has 1 fully saturated rings. The summed E-state index contributed by atoms with van der Waals surface area (Å²) in [5.41, 5.74) is 5.70. The summed E-state index contributed by atoms with van der Waals surface area (Å²) in [6.07, 6.45) is 6.89. The van der Waals surface area contributed by atoms with Crippen LogP contribution in [0.3, 0.4) is 0 Å². The normalized spacial score (nSPS) is 17.1.